The summed E-state index contributed by atoms with van der Waals surface area (Å²) in [5, 5.41) is 9.03. The van der Waals surface area contributed by atoms with E-state index in [9.17, 15) is 4.79 Å². The number of β-amino-alcohol motifs (C(OH)–C–C–N with tert-alkyl or cyclic N) is 1. The van der Waals surface area contributed by atoms with E-state index in [1.54, 1.807) is 4.90 Å². The third kappa shape index (κ3) is 2.96. The molecule has 1 saturated heterocycles. The summed E-state index contributed by atoms with van der Waals surface area (Å²) >= 11 is 0. The lowest BCUT2D eigenvalue weighted by molar-refractivity contribution is -0.142. The Morgan fingerprint density at radius 2 is 2.21 bits per heavy atom. The molecular weight excluding hydrogens is 180 g/mol. The van der Waals surface area contributed by atoms with Gasteiger partial charge in [0.25, 0.3) is 0 Å². The molecule has 0 aromatic carbocycles. The Hall–Kier alpha value is -0.610. The molecule has 0 radical (unpaired) electrons. The molecule has 1 unspecified atom stereocenters. The average Bonchev–Trinajstić information content (AvgIpc) is 2.12. The van der Waals surface area contributed by atoms with Gasteiger partial charge in [0.05, 0.1) is 12.1 Å². The van der Waals surface area contributed by atoms with E-state index in [1.165, 1.54) is 0 Å². The molecule has 1 aliphatic rings. The van der Waals surface area contributed by atoms with Gasteiger partial charge in [0, 0.05) is 13.1 Å². The molecule has 1 heterocycles. The van der Waals surface area contributed by atoms with Crippen molar-refractivity contribution in [3.05, 3.63) is 0 Å². The van der Waals surface area contributed by atoms with Crippen LogP contribution in [0.4, 0.5) is 0 Å². The van der Waals surface area contributed by atoms with E-state index >= 15 is 0 Å². The molecule has 82 valence electrons. The van der Waals surface area contributed by atoms with Gasteiger partial charge in [0.2, 0.25) is 5.91 Å². The van der Waals surface area contributed by atoms with Gasteiger partial charge >= 0.3 is 0 Å². The molecule has 4 nitrogen and oxygen atoms in total. The maximum absolute atomic E-state index is 11.6. The van der Waals surface area contributed by atoms with Crippen LogP contribution in [0.25, 0.3) is 0 Å². The summed E-state index contributed by atoms with van der Waals surface area (Å²) in [6.07, 6.45) is 3.72. The first-order valence-electron chi connectivity index (χ1n) is 5.37. The molecular formula is C10H20N2O2. The zero-order valence-corrected chi connectivity index (χ0v) is 8.78. The average molecular weight is 200 g/mol. The van der Waals surface area contributed by atoms with Crippen LogP contribution in [-0.4, -0.2) is 41.1 Å². The SMILES string of the molecule is CCCCCC(N)C(=O)N1CC(O)C1. The number of amides is 1. The van der Waals surface area contributed by atoms with Gasteiger partial charge in [0.1, 0.15) is 0 Å². The van der Waals surface area contributed by atoms with E-state index in [4.69, 9.17) is 10.8 Å². The fourth-order valence-corrected chi connectivity index (χ4v) is 1.61. The fraction of sp³-hybridized carbons (Fsp3) is 0.900. The van der Waals surface area contributed by atoms with Crippen molar-refractivity contribution in [1.29, 1.82) is 0 Å². The molecule has 4 heteroatoms. The summed E-state index contributed by atoms with van der Waals surface area (Å²) < 4.78 is 0. The summed E-state index contributed by atoms with van der Waals surface area (Å²) in [5.74, 6) is -0.00796. The van der Waals surface area contributed by atoms with E-state index < -0.39 is 0 Å². The van der Waals surface area contributed by atoms with E-state index in [2.05, 4.69) is 6.92 Å². The van der Waals surface area contributed by atoms with Crippen molar-refractivity contribution in [2.75, 3.05) is 13.1 Å². The molecule has 1 rings (SSSR count). The van der Waals surface area contributed by atoms with Crippen molar-refractivity contribution in [3.8, 4) is 0 Å². The lowest BCUT2D eigenvalue weighted by Gasteiger charge is -2.37. The van der Waals surface area contributed by atoms with Crippen molar-refractivity contribution in [2.45, 2.75) is 44.8 Å². The first-order chi connectivity index (χ1) is 6.65. The summed E-state index contributed by atoms with van der Waals surface area (Å²) in [6.45, 7) is 3.04. The Kier molecular flexibility index (Phi) is 4.35. The molecule has 0 aromatic heterocycles. The molecule has 1 aliphatic heterocycles. The van der Waals surface area contributed by atoms with Gasteiger partial charge in [-0.1, -0.05) is 26.2 Å². The van der Waals surface area contributed by atoms with Crippen LogP contribution in [0.2, 0.25) is 0 Å². The van der Waals surface area contributed by atoms with Gasteiger partial charge in [-0.2, -0.15) is 0 Å². The number of hydrogen-bond donors (Lipinski definition) is 2. The molecule has 0 aliphatic carbocycles. The number of nitrogens with zero attached hydrogens (tertiary/aromatic N) is 1. The highest BCUT2D eigenvalue weighted by atomic mass is 16.3. The van der Waals surface area contributed by atoms with Gasteiger partial charge in [-0.15, -0.1) is 0 Å². The Morgan fingerprint density at radius 1 is 1.57 bits per heavy atom. The molecule has 1 amide bonds. The number of aliphatic hydroxyl groups excluding tert-OH is 1. The van der Waals surface area contributed by atoms with Crippen LogP contribution in [0.15, 0.2) is 0 Å². The first kappa shape index (κ1) is 11.5. The summed E-state index contributed by atoms with van der Waals surface area (Å²) in [5.41, 5.74) is 5.74. The van der Waals surface area contributed by atoms with Crippen molar-refractivity contribution >= 4 is 5.91 Å². The highest BCUT2D eigenvalue weighted by Gasteiger charge is 2.31. The Labute approximate surface area is 85.1 Å². The summed E-state index contributed by atoms with van der Waals surface area (Å²) in [4.78, 5) is 13.2. The highest BCUT2D eigenvalue weighted by Crippen LogP contribution is 2.11. The Morgan fingerprint density at radius 3 is 2.71 bits per heavy atom. The summed E-state index contributed by atoms with van der Waals surface area (Å²) in [7, 11) is 0. The van der Waals surface area contributed by atoms with Crippen LogP contribution in [0.5, 0.6) is 0 Å². The quantitative estimate of drug-likeness (QED) is 0.618. The molecule has 0 saturated carbocycles. The van der Waals surface area contributed by atoms with Crippen molar-refractivity contribution in [3.63, 3.8) is 0 Å². The highest BCUT2D eigenvalue weighted by molar-refractivity contribution is 5.82. The minimum atomic E-state index is -0.367. The number of likely N-dealkylation sites (tertiary alicyclic amines) is 1. The van der Waals surface area contributed by atoms with Crippen molar-refractivity contribution in [1.82, 2.24) is 4.90 Å². The third-order valence-corrected chi connectivity index (χ3v) is 2.61. The molecule has 14 heavy (non-hydrogen) atoms. The number of hydrogen-bond acceptors (Lipinski definition) is 3. The van der Waals surface area contributed by atoms with E-state index in [0.29, 0.717) is 13.1 Å². The monoisotopic (exact) mass is 200 g/mol. The van der Waals surface area contributed by atoms with Gasteiger partial charge in [0.15, 0.2) is 0 Å². The topological polar surface area (TPSA) is 66.6 Å². The van der Waals surface area contributed by atoms with Crippen LogP contribution in [0.1, 0.15) is 32.6 Å². The molecule has 3 N–H and O–H groups in total. The van der Waals surface area contributed by atoms with E-state index in [-0.39, 0.29) is 18.1 Å². The number of unbranched alkanes of at least 4 members (excludes halogenated alkanes) is 2. The van der Waals surface area contributed by atoms with Crippen LogP contribution in [-0.2, 0) is 4.79 Å². The lowest BCUT2D eigenvalue weighted by atomic mass is 10.1. The van der Waals surface area contributed by atoms with Gasteiger partial charge in [-0.05, 0) is 6.42 Å². The summed E-state index contributed by atoms with van der Waals surface area (Å²) in [6, 6.07) is -0.367. The van der Waals surface area contributed by atoms with Gasteiger partial charge < -0.3 is 15.7 Å². The lowest BCUT2D eigenvalue weighted by Crippen LogP contribution is -2.57. The number of carbonyl (C=O) groups excluding carboxylic acids is 1. The van der Waals surface area contributed by atoms with E-state index in [1.807, 2.05) is 0 Å². The van der Waals surface area contributed by atoms with E-state index in [0.717, 1.165) is 25.7 Å². The van der Waals surface area contributed by atoms with Crippen LogP contribution >= 0.6 is 0 Å². The smallest absolute Gasteiger partial charge is 0.239 e. The van der Waals surface area contributed by atoms with Gasteiger partial charge in [-0.25, -0.2) is 0 Å². The molecule has 0 aromatic rings. The van der Waals surface area contributed by atoms with Crippen molar-refractivity contribution < 1.29 is 9.90 Å². The third-order valence-electron chi connectivity index (χ3n) is 2.61. The second kappa shape index (κ2) is 5.32. The number of aliphatic hydroxyl groups is 1. The number of carbonyl (C=O) groups is 1. The molecule has 1 fully saturated rings. The zero-order valence-electron chi connectivity index (χ0n) is 8.78. The maximum atomic E-state index is 11.6. The second-order valence-corrected chi connectivity index (χ2v) is 4.00. The second-order valence-electron chi connectivity index (χ2n) is 4.00. The minimum Gasteiger partial charge on any atom is -0.389 e. The Bertz CT molecular complexity index is 191. The molecule has 1 atom stereocenters. The van der Waals surface area contributed by atoms with Gasteiger partial charge in [-0.3, -0.25) is 4.79 Å². The fourth-order valence-electron chi connectivity index (χ4n) is 1.61. The normalized spacial score (nSPS) is 19.2. The number of nitrogens with two attached hydrogens (primary N) is 1. The van der Waals surface area contributed by atoms with Crippen LogP contribution in [0, 0.1) is 0 Å². The van der Waals surface area contributed by atoms with Crippen LogP contribution < -0.4 is 5.73 Å². The first-order valence-corrected chi connectivity index (χ1v) is 5.37. The standard InChI is InChI=1S/C10H20N2O2/c1-2-3-4-5-9(11)10(14)12-6-8(13)7-12/h8-9,13H,2-7,11H2,1H3. The Balaban J connectivity index is 2.16. The molecule has 0 spiro atoms. The van der Waals surface area contributed by atoms with Crippen LogP contribution in [0.3, 0.4) is 0 Å². The maximum Gasteiger partial charge on any atom is 0.239 e. The largest absolute Gasteiger partial charge is 0.389 e. The predicted octanol–water partition coefficient (Wildman–Crippen LogP) is 0.0971. The predicted molar refractivity (Wildman–Crippen MR) is 54.7 cm³/mol. The number of rotatable bonds is 5. The van der Waals surface area contributed by atoms with Crippen molar-refractivity contribution in [2.24, 2.45) is 5.73 Å². The zero-order chi connectivity index (χ0) is 10.6. The minimum absolute atomic E-state index is 0.00796. The molecule has 0 bridgehead atoms.